The lowest BCUT2D eigenvalue weighted by atomic mass is 10.0. The van der Waals surface area contributed by atoms with Crippen LogP contribution in [0, 0.1) is 0 Å². The second-order valence-corrected chi connectivity index (χ2v) is 4.87. The molecule has 0 bridgehead atoms. The van der Waals surface area contributed by atoms with Crippen LogP contribution in [0.1, 0.15) is 23.6 Å². The van der Waals surface area contributed by atoms with E-state index in [0.717, 1.165) is 23.6 Å². The van der Waals surface area contributed by atoms with Crippen LogP contribution in [-0.4, -0.2) is 0 Å². The minimum absolute atomic E-state index is 0.200. The Kier molecular flexibility index (Phi) is 5.20. The van der Waals surface area contributed by atoms with Gasteiger partial charge in [-0.15, -0.1) is 6.58 Å². The van der Waals surface area contributed by atoms with Crippen molar-refractivity contribution >= 4 is 11.6 Å². The maximum absolute atomic E-state index is 6.26. The van der Waals surface area contributed by atoms with Gasteiger partial charge < -0.3 is 5.32 Å². The first kappa shape index (κ1) is 13.9. The number of rotatable bonds is 6. The molecule has 2 aromatic rings. The van der Waals surface area contributed by atoms with E-state index in [2.05, 4.69) is 42.2 Å². The molecule has 98 valence electrons. The molecule has 0 amide bonds. The van der Waals surface area contributed by atoms with Crippen LogP contribution in [0.25, 0.3) is 0 Å². The first-order valence-corrected chi connectivity index (χ1v) is 6.81. The molecule has 1 unspecified atom stereocenters. The normalized spacial score (nSPS) is 12.1. The van der Waals surface area contributed by atoms with Crippen LogP contribution >= 0.6 is 11.6 Å². The Morgan fingerprint density at radius 1 is 1.05 bits per heavy atom. The summed E-state index contributed by atoms with van der Waals surface area (Å²) in [6.45, 7) is 4.65. The summed E-state index contributed by atoms with van der Waals surface area (Å²) in [5.41, 5.74) is 2.39. The fraction of sp³-hybridized carbons (Fsp3) is 0.176. The molecule has 0 aromatic heterocycles. The van der Waals surface area contributed by atoms with Crippen LogP contribution in [0.2, 0.25) is 5.02 Å². The monoisotopic (exact) mass is 271 g/mol. The predicted molar refractivity (Wildman–Crippen MR) is 82.3 cm³/mol. The SMILES string of the molecule is C=CCC(NCc1ccccc1)c1ccccc1Cl. The molecule has 19 heavy (non-hydrogen) atoms. The van der Waals surface area contributed by atoms with Gasteiger partial charge in [-0.2, -0.15) is 0 Å². The van der Waals surface area contributed by atoms with Crippen LogP contribution < -0.4 is 5.32 Å². The molecule has 1 N–H and O–H groups in total. The van der Waals surface area contributed by atoms with Gasteiger partial charge in [0.2, 0.25) is 0 Å². The van der Waals surface area contributed by atoms with E-state index in [1.54, 1.807) is 0 Å². The van der Waals surface area contributed by atoms with Crippen LogP contribution in [0.15, 0.2) is 67.3 Å². The zero-order valence-corrected chi connectivity index (χ0v) is 11.6. The van der Waals surface area contributed by atoms with Crippen molar-refractivity contribution in [2.24, 2.45) is 0 Å². The van der Waals surface area contributed by atoms with Crippen molar-refractivity contribution in [3.63, 3.8) is 0 Å². The summed E-state index contributed by atoms with van der Waals surface area (Å²) in [7, 11) is 0. The summed E-state index contributed by atoms with van der Waals surface area (Å²) in [6.07, 6.45) is 2.78. The average molecular weight is 272 g/mol. The van der Waals surface area contributed by atoms with Gasteiger partial charge in [-0.1, -0.05) is 66.2 Å². The van der Waals surface area contributed by atoms with E-state index in [-0.39, 0.29) is 6.04 Å². The quantitative estimate of drug-likeness (QED) is 0.748. The Morgan fingerprint density at radius 2 is 1.74 bits per heavy atom. The molecule has 2 rings (SSSR count). The van der Waals surface area contributed by atoms with Gasteiger partial charge in [0.1, 0.15) is 0 Å². The molecule has 0 spiro atoms. The van der Waals surface area contributed by atoms with Gasteiger partial charge >= 0.3 is 0 Å². The van der Waals surface area contributed by atoms with Crippen molar-refractivity contribution < 1.29 is 0 Å². The zero-order valence-electron chi connectivity index (χ0n) is 10.9. The van der Waals surface area contributed by atoms with Gasteiger partial charge in [0.05, 0.1) is 0 Å². The lowest BCUT2D eigenvalue weighted by Gasteiger charge is -2.19. The highest BCUT2D eigenvalue weighted by Crippen LogP contribution is 2.25. The summed E-state index contributed by atoms with van der Waals surface area (Å²) in [6, 6.07) is 18.5. The standard InChI is InChI=1S/C17H18ClN/c1-2-8-17(15-11-6-7-12-16(15)18)19-13-14-9-4-3-5-10-14/h2-7,9-12,17,19H,1,8,13H2. The molecule has 2 aromatic carbocycles. The lowest BCUT2D eigenvalue weighted by molar-refractivity contribution is 0.539. The van der Waals surface area contributed by atoms with Crippen molar-refractivity contribution in [3.05, 3.63) is 83.4 Å². The maximum atomic E-state index is 6.26. The van der Waals surface area contributed by atoms with Crippen molar-refractivity contribution in [2.75, 3.05) is 0 Å². The maximum Gasteiger partial charge on any atom is 0.0453 e. The average Bonchev–Trinajstić information content (AvgIpc) is 2.45. The van der Waals surface area contributed by atoms with Crippen molar-refractivity contribution in [2.45, 2.75) is 19.0 Å². The number of hydrogen-bond acceptors (Lipinski definition) is 1. The Morgan fingerprint density at radius 3 is 2.42 bits per heavy atom. The molecule has 1 atom stereocenters. The van der Waals surface area contributed by atoms with E-state index < -0.39 is 0 Å². The fourth-order valence-corrected chi connectivity index (χ4v) is 2.35. The van der Waals surface area contributed by atoms with Crippen molar-refractivity contribution in [3.8, 4) is 0 Å². The van der Waals surface area contributed by atoms with Gasteiger partial charge in [-0.25, -0.2) is 0 Å². The molecule has 0 aliphatic carbocycles. The summed E-state index contributed by atoms with van der Waals surface area (Å²) in [4.78, 5) is 0. The Balaban J connectivity index is 2.09. The molecule has 0 aliphatic heterocycles. The molecule has 0 aliphatic rings. The van der Waals surface area contributed by atoms with E-state index in [0.29, 0.717) is 0 Å². The molecular weight excluding hydrogens is 254 g/mol. The summed E-state index contributed by atoms with van der Waals surface area (Å²) >= 11 is 6.26. The first-order chi connectivity index (χ1) is 9.31. The number of benzene rings is 2. The Bertz CT molecular complexity index is 522. The zero-order chi connectivity index (χ0) is 13.5. The van der Waals surface area contributed by atoms with Crippen LogP contribution in [-0.2, 0) is 6.54 Å². The summed E-state index contributed by atoms with van der Waals surface area (Å²) in [5, 5.41) is 4.34. The third-order valence-corrected chi connectivity index (χ3v) is 3.42. The topological polar surface area (TPSA) is 12.0 Å². The van der Waals surface area contributed by atoms with E-state index in [4.69, 9.17) is 11.6 Å². The molecular formula is C17H18ClN. The largest absolute Gasteiger partial charge is 0.306 e. The fourth-order valence-electron chi connectivity index (χ4n) is 2.08. The molecule has 0 radical (unpaired) electrons. The molecule has 0 heterocycles. The smallest absolute Gasteiger partial charge is 0.0453 e. The summed E-state index contributed by atoms with van der Waals surface area (Å²) < 4.78 is 0. The third-order valence-electron chi connectivity index (χ3n) is 3.08. The van der Waals surface area contributed by atoms with Crippen LogP contribution in [0.5, 0.6) is 0 Å². The van der Waals surface area contributed by atoms with E-state index in [1.165, 1.54) is 5.56 Å². The van der Waals surface area contributed by atoms with Crippen LogP contribution in [0.4, 0.5) is 0 Å². The number of halogens is 1. The van der Waals surface area contributed by atoms with Gasteiger partial charge in [0, 0.05) is 17.6 Å². The Labute approximate surface area is 119 Å². The van der Waals surface area contributed by atoms with Gasteiger partial charge in [0.25, 0.3) is 0 Å². The summed E-state index contributed by atoms with van der Waals surface area (Å²) in [5.74, 6) is 0. The Hall–Kier alpha value is -1.57. The van der Waals surface area contributed by atoms with Gasteiger partial charge in [0.15, 0.2) is 0 Å². The second-order valence-electron chi connectivity index (χ2n) is 4.46. The van der Waals surface area contributed by atoms with Crippen molar-refractivity contribution in [1.29, 1.82) is 0 Å². The highest BCUT2D eigenvalue weighted by Gasteiger charge is 2.12. The molecule has 2 heteroatoms. The third kappa shape index (κ3) is 3.95. The predicted octanol–water partition coefficient (Wildman–Crippen LogP) is 4.75. The highest BCUT2D eigenvalue weighted by atomic mass is 35.5. The van der Waals surface area contributed by atoms with Gasteiger partial charge in [-0.05, 0) is 23.6 Å². The minimum Gasteiger partial charge on any atom is -0.306 e. The molecule has 1 nitrogen and oxygen atoms in total. The molecule has 0 saturated carbocycles. The van der Waals surface area contributed by atoms with E-state index >= 15 is 0 Å². The van der Waals surface area contributed by atoms with Crippen molar-refractivity contribution in [1.82, 2.24) is 5.32 Å². The van der Waals surface area contributed by atoms with Gasteiger partial charge in [-0.3, -0.25) is 0 Å². The molecule has 0 saturated heterocycles. The number of hydrogen-bond donors (Lipinski definition) is 1. The minimum atomic E-state index is 0.200. The number of nitrogens with one attached hydrogen (secondary N) is 1. The van der Waals surface area contributed by atoms with E-state index in [1.807, 2.05) is 30.3 Å². The first-order valence-electron chi connectivity index (χ1n) is 6.44. The lowest BCUT2D eigenvalue weighted by Crippen LogP contribution is -2.20. The second kappa shape index (κ2) is 7.13. The van der Waals surface area contributed by atoms with Crippen LogP contribution in [0.3, 0.4) is 0 Å². The highest BCUT2D eigenvalue weighted by molar-refractivity contribution is 6.31. The molecule has 0 fully saturated rings. The van der Waals surface area contributed by atoms with E-state index in [9.17, 15) is 0 Å².